The highest BCUT2D eigenvalue weighted by molar-refractivity contribution is 5.31. The van der Waals surface area contributed by atoms with Crippen molar-refractivity contribution in [3.63, 3.8) is 0 Å². The van der Waals surface area contributed by atoms with Crippen LogP contribution in [-0.4, -0.2) is 31.1 Å². The van der Waals surface area contributed by atoms with Crippen molar-refractivity contribution in [1.29, 1.82) is 0 Å². The summed E-state index contributed by atoms with van der Waals surface area (Å²) >= 11 is 0. The van der Waals surface area contributed by atoms with Crippen molar-refractivity contribution < 1.29 is 9.47 Å². The van der Waals surface area contributed by atoms with E-state index in [9.17, 15) is 0 Å². The van der Waals surface area contributed by atoms with Crippen molar-refractivity contribution in [2.24, 2.45) is 0 Å². The minimum absolute atomic E-state index is 0.594. The van der Waals surface area contributed by atoms with Crippen LogP contribution in [0, 0.1) is 6.92 Å². The fourth-order valence-corrected chi connectivity index (χ4v) is 2.90. The number of rotatable bonds is 7. The average Bonchev–Trinajstić information content (AvgIpc) is 3.08. The Labute approximate surface area is 138 Å². The van der Waals surface area contributed by atoms with Crippen molar-refractivity contribution in [2.45, 2.75) is 26.4 Å². The Balaban J connectivity index is 1.43. The number of hydrogen-bond donors (Lipinski definition) is 0. The molecule has 0 spiro atoms. The molecule has 0 aliphatic carbocycles. The highest BCUT2D eigenvalue weighted by Crippen LogP contribution is 2.19. The molecule has 1 heterocycles. The Hall–Kier alpha value is -2.00. The Morgan fingerprint density at radius 1 is 0.913 bits per heavy atom. The molecule has 122 valence electrons. The van der Waals surface area contributed by atoms with Gasteiger partial charge in [0.05, 0.1) is 0 Å². The molecule has 0 bridgehead atoms. The second kappa shape index (κ2) is 8.02. The summed E-state index contributed by atoms with van der Waals surface area (Å²) < 4.78 is 11.6. The maximum absolute atomic E-state index is 5.82. The van der Waals surface area contributed by atoms with E-state index in [4.69, 9.17) is 9.47 Å². The first-order valence-corrected chi connectivity index (χ1v) is 8.43. The summed E-state index contributed by atoms with van der Waals surface area (Å²) in [4.78, 5) is 2.46. The van der Waals surface area contributed by atoms with E-state index in [2.05, 4.69) is 36.1 Å². The Kier molecular flexibility index (Phi) is 5.54. The summed E-state index contributed by atoms with van der Waals surface area (Å²) in [6.07, 6.45) is 2.65. The van der Waals surface area contributed by atoms with Gasteiger partial charge in [0.2, 0.25) is 0 Å². The van der Waals surface area contributed by atoms with E-state index in [0.29, 0.717) is 6.61 Å². The normalized spacial score (nSPS) is 14.8. The maximum atomic E-state index is 5.82. The molecule has 0 saturated carbocycles. The molecule has 3 rings (SSSR count). The summed E-state index contributed by atoms with van der Waals surface area (Å²) in [6, 6.07) is 16.3. The Bertz CT molecular complexity index is 603. The average molecular weight is 311 g/mol. The molecule has 1 fully saturated rings. The molecular weight excluding hydrogens is 286 g/mol. The molecule has 0 radical (unpaired) electrons. The zero-order valence-corrected chi connectivity index (χ0v) is 13.8. The van der Waals surface area contributed by atoms with Crippen molar-refractivity contribution >= 4 is 0 Å². The Morgan fingerprint density at radius 3 is 2.30 bits per heavy atom. The largest absolute Gasteiger partial charge is 0.492 e. The van der Waals surface area contributed by atoms with Gasteiger partial charge in [0.1, 0.15) is 24.7 Å². The molecular formula is C20H25NO2. The molecule has 0 aromatic heterocycles. The smallest absolute Gasteiger partial charge is 0.120 e. The number of hydrogen-bond acceptors (Lipinski definition) is 3. The molecule has 1 saturated heterocycles. The van der Waals surface area contributed by atoms with Crippen LogP contribution in [0.5, 0.6) is 11.5 Å². The lowest BCUT2D eigenvalue weighted by molar-refractivity contribution is 0.237. The molecule has 0 amide bonds. The first kappa shape index (κ1) is 15.9. The third kappa shape index (κ3) is 5.00. The van der Waals surface area contributed by atoms with Crippen molar-refractivity contribution in [1.82, 2.24) is 4.90 Å². The fraction of sp³-hybridized carbons (Fsp3) is 0.400. The minimum Gasteiger partial charge on any atom is -0.492 e. The number of likely N-dealkylation sites (tertiary alicyclic amines) is 1. The maximum Gasteiger partial charge on any atom is 0.120 e. The predicted molar refractivity (Wildman–Crippen MR) is 93.1 cm³/mol. The van der Waals surface area contributed by atoms with E-state index in [1.165, 1.54) is 37.1 Å². The molecule has 0 N–H and O–H groups in total. The standard InChI is InChI=1S/C20H25NO2/c1-17-5-4-6-18(15-17)16-23-20-9-7-19(8-10-20)22-14-13-21-11-2-3-12-21/h4-10,15H,2-3,11-14,16H2,1H3. The lowest BCUT2D eigenvalue weighted by Gasteiger charge is -2.15. The van der Waals surface area contributed by atoms with E-state index >= 15 is 0 Å². The van der Waals surface area contributed by atoms with Gasteiger partial charge in [-0.3, -0.25) is 4.90 Å². The second-order valence-corrected chi connectivity index (χ2v) is 6.15. The zero-order valence-electron chi connectivity index (χ0n) is 13.8. The molecule has 23 heavy (non-hydrogen) atoms. The van der Waals surface area contributed by atoms with E-state index < -0.39 is 0 Å². The number of ether oxygens (including phenoxy) is 2. The van der Waals surface area contributed by atoms with Gasteiger partial charge in [-0.2, -0.15) is 0 Å². The minimum atomic E-state index is 0.594. The molecule has 3 nitrogen and oxygen atoms in total. The van der Waals surface area contributed by atoms with Crippen LogP contribution in [-0.2, 0) is 6.61 Å². The number of aryl methyl sites for hydroxylation is 1. The van der Waals surface area contributed by atoms with E-state index in [-0.39, 0.29) is 0 Å². The highest BCUT2D eigenvalue weighted by Gasteiger charge is 2.10. The third-order valence-corrected chi connectivity index (χ3v) is 4.19. The topological polar surface area (TPSA) is 21.7 Å². The van der Waals surface area contributed by atoms with Crippen LogP contribution in [0.4, 0.5) is 0 Å². The third-order valence-electron chi connectivity index (χ3n) is 4.19. The monoisotopic (exact) mass is 311 g/mol. The van der Waals surface area contributed by atoms with Gasteiger partial charge < -0.3 is 9.47 Å². The van der Waals surface area contributed by atoms with E-state index in [1.54, 1.807) is 0 Å². The summed E-state index contributed by atoms with van der Waals surface area (Å²) in [5, 5.41) is 0. The van der Waals surface area contributed by atoms with Crippen LogP contribution in [0.15, 0.2) is 48.5 Å². The second-order valence-electron chi connectivity index (χ2n) is 6.15. The summed E-state index contributed by atoms with van der Waals surface area (Å²) in [5.74, 6) is 1.78. The molecule has 2 aromatic rings. The fourth-order valence-electron chi connectivity index (χ4n) is 2.90. The highest BCUT2D eigenvalue weighted by atomic mass is 16.5. The zero-order chi connectivity index (χ0) is 15.9. The number of nitrogens with zero attached hydrogens (tertiary/aromatic N) is 1. The molecule has 2 aromatic carbocycles. The van der Waals surface area contributed by atoms with E-state index in [0.717, 1.165) is 24.7 Å². The van der Waals surface area contributed by atoms with Crippen molar-refractivity contribution in [2.75, 3.05) is 26.2 Å². The van der Waals surface area contributed by atoms with Gasteiger partial charge in [0.15, 0.2) is 0 Å². The van der Waals surface area contributed by atoms with Crippen LogP contribution in [0.2, 0.25) is 0 Å². The number of benzene rings is 2. The van der Waals surface area contributed by atoms with Crippen molar-refractivity contribution in [3.05, 3.63) is 59.7 Å². The Morgan fingerprint density at radius 2 is 1.61 bits per heavy atom. The SMILES string of the molecule is Cc1cccc(COc2ccc(OCCN3CCCC3)cc2)c1. The molecule has 1 aliphatic rings. The van der Waals surface area contributed by atoms with E-state index in [1.807, 2.05) is 24.3 Å². The lowest BCUT2D eigenvalue weighted by Crippen LogP contribution is -2.25. The first-order valence-electron chi connectivity index (χ1n) is 8.43. The van der Waals surface area contributed by atoms with Crippen LogP contribution in [0.3, 0.4) is 0 Å². The van der Waals surface area contributed by atoms with Gasteiger partial charge in [0, 0.05) is 6.54 Å². The predicted octanol–water partition coefficient (Wildman–Crippen LogP) is 4.05. The van der Waals surface area contributed by atoms with Crippen LogP contribution in [0.25, 0.3) is 0 Å². The summed E-state index contributed by atoms with van der Waals surface area (Å²) in [5.41, 5.74) is 2.45. The molecule has 3 heteroatoms. The van der Waals surface area contributed by atoms with Gasteiger partial charge in [-0.1, -0.05) is 29.8 Å². The van der Waals surface area contributed by atoms with Crippen LogP contribution >= 0.6 is 0 Å². The van der Waals surface area contributed by atoms with Gasteiger partial charge in [0.25, 0.3) is 0 Å². The van der Waals surface area contributed by atoms with Gasteiger partial charge in [-0.25, -0.2) is 0 Å². The van der Waals surface area contributed by atoms with Crippen LogP contribution in [0.1, 0.15) is 24.0 Å². The van der Waals surface area contributed by atoms with Crippen LogP contribution < -0.4 is 9.47 Å². The molecule has 0 unspecified atom stereocenters. The van der Waals surface area contributed by atoms with Gasteiger partial charge in [-0.15, -0.1) is 0 Å². The quantitative estimate of drug-likeness (QED) is 0.770. The van der Waals surface area contributed by atoms with Gasteiger partial charge >= 0.3 is 0 Å². The first-order chi connectivity index (χ1) is 11.3. The summed E-state index contributed by atoms with van der Waals surface area (Å²) in [7, 11) is 0. The lowest BCUT2D eigenvalue weighted by atomic mass is 10.1. The molecule has 1 aliphatic heterocycles. The summed E-state index contributed by atoms with van der Waals surface area (Å²) in [6.45, 7) is 6.90. The molecule has 0 atom stereocenters. The van der Waals surface area contributed by atoms with Crippen molar-refractivity contribution in [3.8, 4) is 11.5 Å². The van der Waals surface area contributed by atoms with Gasteiger partial charge in [-0.05, 0) is 62.7 Å².